The molecule has 5 rings (SSSR count). The number of alkyl halides is 6. The highest BCUT2D eigenvalue weighted by Crippen LogP contribution is 2.40. The lowest BCUT2D eigenvalue weighted by molar-refractivity contribution is -0.143. The molecule has 2 aromatic carbocycles. The summed E-state index contributed by atoms with van der Waals surface area (Å²) in [6.07, 6.45) is -8.39. The molecule has 0 radical (unpaired) electrons. The smallest absolute Gasteiger partial charge is 0.369 e. The molecule has 1 aliphatic heterocycles. The van der Waals surface area contributed by atoms with Gasteiger partial charge in [-0.3, -0.25) is 4.98 Å². The molecule has 0 saturated carbocycles. The predicted octanol–water partition coefficient (Wildman–Crippen LogP) is 7.00. The van der Waals surface area contributed by atoms with Crippen molar-refractivity contribution in [2.45, 2.75) is 50.4 Å². The minimum Gasteiger partial charge on any atom is -0.369 e. The Kier molecular flexibility index (Phi) is 6.91. The van der Waals surface area contributed by atoms with Crippen molar-refractivity contribution in [3.63, 3.8) is 0 Å². The second kappa shape index (κ2) is 10.1. The number of pyridine rings is 1. The van der Waals surface area contributed by atoms with Crippen LogP contribution in [0.2, 0.25) is 0 Å². The molecular formula is C27H21F7N4O. The van der Waals surface area contributed by atoms with Crippen molar-refractivity contribution in [2.24, 2.45) is 0 Å². The molecule has 3 atom stereocenters. The first-order valence-corrected chi connectivity index (χ1v) is 11.9. The molecule has 0 amide bonds. The number of nitrogens with zero attached hydrogens (tertiary/aromatic N) is 4. The topological polar surface area (TPSA) is 52.8 Å². The van der Waals surface area contributed by atoms with Crippen LogP contribution in [-0.4, -0.2) is 25.9 Å². The normalized spacial score (nSPS) is 18.6. The summed E-state index contributed by atoms with van der Waals surface area (Å²) in [5, 5.41) is 8.53. The first-order valence-electron chi connectivity index (χ1n) is 11.9. The van der Waals surface area contributed by atoms with Gasteiger partial charge in [0.1, 0.15) is 11.6 Å². The maximum atomic E-state index is 13.7. The number of halogens is 7. The molecule has 5 nitrogen and oxygen atoms in total. The van der Waals surface area contributed by atoms with Gasteiger partial charge in [0.25, 0.3) is 0 Å². The van der Waals surface area contributed by atoms with Crippen molar-refractivity contribution in [2.75, 3.05) is 0 Å². The SMILES string of the molecule is C[C@@H](O[C@H]1Cc2nnc(-c3ccncc3)n2C[C@@H]1c1ccc(F)cc1)c1cc(C(F)(F)F)cc(C(F)(F)F)c1. The Hall–Kier alpha value is -3.80. The van der Waals surface area contributed by atoms with E-state index in [4.69, 9.17) is 4.74 Å². The molecule has 4 aromatic rings. The first kappa shape index (κ1) is 26.8. The molecular weight excluding hydrogens is 529 g/mol. The number of benzene rings is 2. The van der Waals surface area contributed by atoms with Gasteiger partial charge in [0.2, 0.25) is 0 Å². The van der Waals surface area contributed by atoms with E-state index in [2.05, 4.69) is 15.2 Å². The predicted molar refractivity (Wildman–Crippen MR) is 126 cm³/mol. The molecule has 39 heavy (non-hydrogen) atoms. The number of rotatable bonds is 5. The van der Waals surface area contributed by atoms with Crippen molar-refractivity contribution in [3.05, 3.63) is 101 Å². The highest BCUT2D eigenvalue weighted by Gasteiger charge is 2.39. The van der Waals surface area contributed by atoms with E-state index in [9.17, 15) is 30.7 Å². The molecule has 2 aromatic heterocycles. The lowest BCUT2D eigenvalue weighted by atomic mass is 9.88. The number of ether oxygens (including phenoxy) is 1. The zero-order valence-electron chi connectivity index (χ0n) is 20.3. The van der Waals surface area contributed by atoms with E-state index < -0.39 is 47.4 Å². The van der Waals surface area contributed by atoms with Gasteiger partial charge in [0, 0.05) is 36.8 Å². The van der Waals surface area contributed by atoms with Crippen LogP contribution in [0.1, 0.15) is 47.0 Å². The molecule has 12 heteroatoms. The van der Waals surface area contributed by atoms with Crippen LogP contribution in [0.5, 0.6) is 0 Å². The summed E-state index contributed by atoms with van der Waals surface area (Å²) in [5.41, 5.74) is -1.64. The molecule has 3 heterocycles. The summed E-state index contributed by atoms with van der Waals surface area (Å²) in [4.78, 5) is 4.00. The molecule has 0 spiro atoms. The van der Waals surface area contributed by atoms with Crippen LogP contribution in [0, 0.1) is 5.82 Å². The minimum absolute atomic E-state index is 0.0846. The zero-order chi connectivity index (χ0) is 27.9. The molecule has 1 aliphatic rings. The van der Waals surface area contributed by atoms with Gasteiger partial charge >= 0.3 is 12.4 Å². The fraction of sp³-hybridized carbons (Fsp3) is 0.296. The van der Waals surface area contributed by atoms with Crippen molar-refractivity contribution < 1.29 is 35.5 Å². The van der Waals surface area contributed by atoms with E-state index in [-0.39, 0.29) is 18.1 Å². The van der Waals surface area contributed by atoms with Gasteiger partial charge in [-0.15, -0.1) is 10.2 Å². The number of fused-ring (bicyclic) bond motifs is 1. The van der Waals surface area contributed by atoms with Crippen molar-refractivity contribution >= 4 is 0 Å². The van der Waals surface area contributed by atoms with Crippen molar-refractivity contribution in [1.82, 2.24) is 19.7 Å². The largest absolute Gasteiger partial charge is 0.416 e. The standard InChI is InChI=1S/C27H21F7N4O/c1-15(18-10-19(26(29,30)31)12-20(11-18)27(32,33)34)39-23-13-24-36-37-25(17-6-8-35-9-7-17)38(24)14-22(23)16-2-4-21(28)5-3-16/h2-12,15,22-23H,13-14H2,1H3/t15-,22-,23+/m1/s1. The summed E-state index contributed by atoms with van der Waals surface area (Å²) >= 11 is 0. The fourth-order valence-corrected chi connectivity index (χ4v) is 4.76. The van der Waals surface area contributed by atoms with E-state index in [0.29, 0.717) is 35.9 Å². The molecule has 0 bridgehead atoms. The van der Waals surface area contributed by atoms with Crippen LogP contribution in [0.4, 0.5) is 30.7 Å². The van der Waals surface area contributed by atoms with Crippen LogP contribution in [0.15, 0.2) is 67.0 Å². The van der Waals surface area contributed by atoms with Gasteiger partial charge in [0.05, 0.1) is 23.3 Å². The lowest BCUT2D eigenvalue weighted by Crippen LogP contribution is -2.35. The van der Waals surface area contributed by atoms with Crippen LogP contribution >= 0.6 is 0 Å². The molecule has 0 unspecified atom stereocenters. The number of hydrogen-bond acceptors (Lipinski definition) is 4. The van der Waals surface area contributed by atoms with E-state index in [1.165, 1.54) is 19.1 Å². The van der Waals surface area contributed by atoms with Crippen molar-refractivity contribution in [1.29, 1.82) is 0 Å². The lowest BCUT2D eigenvalue weighted by Gasteiger charge is -2.35. The Bertz CT molecular complexity index is 1420. The molecule has 0 fully saturated rings. The molecule has 0 saturated heterocycles. The second-order valence-corrected chi connectivity index (χ2v) is 9.30. The summed E-state index contributed by atoms with van der Waals surface area (Å²) in [5.74, 6) is 0.229. The van der Waals surface area contributed by atoms with Crippen LogP contribution < -0.4 is 0 Å². The van der Waals surface area contributed by atoms with Crippen LogP contribution in [0.3, 0.4) is 0 Å². The third kappa shape index (κ3) is 5.65. The Balaban J connectivity index is 1.51. The zero-order valence-corrected chi connectivity index (χ0v) is 20.3. The van der Waals surface area contributed by atoms with E-state index in [1.54, 1.807) is 36.7 Å². The maximum Gasteiger partial charge on any atom is 0.416 e. The summed E-state index contributed by atoms with van der Waals surface area (Å²) in [7, 11) is 0. The van der Waals surface area contributed by atoms with Gasteiger partial charge in [0.15, 0.2) is 5.82 Å². The van der Waals surface area contributed by atoms with E-state index in [1.807, 2.05) is 4.57 Å². The highest BCUT2D eigenvalue weighted by molar-refractivity contribution is 5.54. The number of hydrogen-bond donors (Lipinski definition) is 0. The second-order valence-electron chi connectivity index (χ2n) is 9.30. The molecule has 204 valence electrons. The molecule has 0 aliphatic carbocycles. The maximum absolute atomic E-state index is 13.7. The van der Waals surface area contributed by atoms with Gasteiger partial charge in [-0.25, -0.2) is 4.39 Å². The summed E-state index contributed by atoms with van der Waals surface area (Å²) in [6, 6.07) is 10.7. The van der Waals surface area contributed by atoms with Crippen LogP contribution in [0.25, 0.3) is 11.4 Å². The monoisotopic (exact) mass is 550 g/mol. The Morgan fingerprint density at radius 2 is 1.49 bits per heavy atom. The van der Waals surface area contributed by atoms with E-state index in [0.717, 1.165) is 5.56 Å². The Morgan fingerprint density at radius 1 is 0.872 bits per heavy atom. The highest BCUT2D eigenvalue weighted by atomic mass is 19.4. The summed E-state index contributed by atoms with van der Waals surface area (Å²) in [6.45, 7) is 1.69. The Morgan fingerprint density at radius 3 is 2.08 bits per heavy atom. The van der Waals surface area contributed by atoms with Crippen LogP contribution in [-0.2, 0) is 30.1 Å². The van der Waals surface area contributed by atoms with Gasteiger partial charge in [-0.05, 0) is 60.5 Å². The number of aromatic nitrogens is 4. The average molecular weight is 550 g/mol. The fourth-order valence-electron chi connectivity index (χ4n) is 4.76. The Labute approximate surface area is 218 Å². The summed E-state index contributed by atoms with van der Waals surface area (Å²) < 4.78 is 102. The third-order valence-electron chi connectivity index (χ3n) is 6.73. The van der Waals surface area contributed by atoms with Gasteiger partial charge in [-0.1, -0.05) is 12.1 Å². The average Bonchev–Trinajstić information content (AvgIpc) is 3.31. The molecule has 0 N–H and O–H groups in total. The minimum atomic E-state index is -4.98. The quantitative estimate of drug-likeness (QED) is 0.251. The first-order chi connectivity index (χ1) is 18.4. The van der Waals surface area contributed by atoms with Gasteiger partial charge < -0.3 is 9.30 Å². The van der Waals surface area contributed by atoms with Crippen molar-refractivity contribution in [3.8, 4) is 11.4 Å². The van der Waals surface area contributed by atoms with Gasteiger partial charge in [-0.2, -0.15) is 26.3 Å². The van der Waals surface area contributed by atoms with E-state index >= 15 is 0 Å². The third-order valence-corrected chi connectivity index (χ3v) is 6.73.